The van der Waals surface area contributed by atoms with E-state index in [2.05, 4.69) is 4.98 Å². The Morgan fingerprint density at radius 1 is 1.47 bits per heavy atom. The van der Waals surface area contributed by atoms with Gasteiger partial charge in [0.2, 0.25) is 0 Å². The van der Waals surface area contributed by atoms with Gasteiger partial charge in [-0.3, -0.25) is 0 Å². The molecule has 15 heavy (non-hydrogen) atoms. The molecule has 0 amide bonds. The van der Waals surface area contributed by atoms with Gasteiger partial charge in [0.05, 0.1) is 0 Å². The van der Waals surface area contributed by atoms with Gasteiger partial charge < -0.3 is 9.55 Å². The number of nitrogens with one attached hydrogen (secondary N) is 1. The lowest BCUT2D eigenvalue weighted by Crippen LogP contribution is -1.97. The van der Waals surface area contributed by atoms with E-state index in [0.29, 0.717) is 0 Å². The Hall–Kier alpha value is -1.06. The van der Waals surface area contributed by atoms with Crippen molar-refractivity contribution in [2.45, 2.75) is 13.5 Å². The molecule has 0 radical (unpaired) electrons. The summed E-state index contributed by atoms with van der Waals surface area (Å²) in [7, 11) is 0. The number of nitrogens with zero attached hydrogens (tertiary/aromatic N) is 1. The summed E-state index contributed by atoms with van der Waals surface area (Å²) in [5.74, 6) is 0. The molecule has 0 saturated carbocycles. The lowest BCUT2D eigenvalue weighted by atomic mass is 10.2. The smallest absolute Gasteiger partial charge is 0.177 e. The molecule has 0 saturated heterocycles. The Kier molecular flexibility index (Phi) is 2.93. The molecule has 2 aromatic rings. The molecular weight excluding hydrogens is 228 g/mol. The van der Waals surface area contributed by atoms with Crippen molar-refractivity contribution in [1.29, 1.82) is 0 Å². The summed E-state index contributed by atoms with van der Waals surface area (Å²) in [5.41, 5.74) is 2.22. The molecule has 1 N–H and O–H groups in total. The van der Waals surface area contributed by atoms with E-state index in [-0.39, 0.29) is 0 Å². The van der Waals surface area contributed by atoms with Crippen LogP contribution in [0.25, 0.3) is 0 Å². The molecule has 0 atom stereocenters. The second-order valence-corrected chi connectivity index (χ2v) is 4.32. The van der Waals surface area contributed by atoms with Crippen molar-refractivity contribution in [1.82, 2.24) is 9.55 Å². The molecule has 78 valence electrons. The highest BCUT2D eigenvalue weighted by molar-refractivity contribution is 7.71. The van der Waals surface area contributed by atoms with E-state index in [4.69, 9.17) is 23.8 Å². The topological polar surface area (TPSA) is 20.7 Å². The molecule has 0 fully saturated rings. The highest BCUT2D eigenvalue weighted by Gasteiger charge is 1.98. The van der Waals surface area contributed by atoms with Crippen LogP contribution in [0.15, 0.2) is 30.5 Å². The molecule has 1 aromatic carbocycles. The van der Waals surface area contributed by atoms with Gasteiger partial charge in [-0.2, -0.15) is 0 Å². The van der Waals surface area contributed by atoms with Crippen LogP contribution in [-0.2, 0) is 6.54 Å². The third-order valence-corrected chi connectivity index (χ3v) is 2.73. The van der Waals surface area contributed by atoms with Crippen molar-refractivity contribution in [2.75, 3.05) is 0 Å². The van der Waals surface area contributed by atoms with Crippen LogP contribution in [0.2, 0.25) is 5.02 Å². The fourth-order valence-corrected chi connectivity index (χ4v) is 2.01. The predicted octanol–water partition coefficient (Wildman–Crippen LogP) is 3.56. The molecular formula is C11H11ClN2S. The van der Waals surface area contributed by atoms with Crippen molar-refractivity contribution in [2.24, 2.45) is 0 Å². The summed E-state index contributed by atoms with van der Waals surface area (Å²) in [6.45, 7) is 2.74. The van der Waals surface area contributed by atoms with Crippen molar-refractivity contribution in [3.63, 3.8) is 0 Å². The number of halogens is 1. The highest BCUT2D eigenvalue weighted by Crippen LogP contribution is 2.12. The Balaban J connectivity index is 2.29. The van der Waals surface area contributed by atoms with E-state index in [1.807, 2.05) is 42.0 Å². The van der Waals surface area contributed by atoms with Gasteiger partial charge in [0.1, 0.15) is 0 Å². The van der Waals surface area contributed by atoms with Gasteiger partial charge in [-0.15, -0.1) is 0 Å². The predicted molar refractivity (Wildman–Crippen MR) is 64.9 cm³/mol. The number of aromatic amines is 1. The fourth-order valence-electron chi connectivity index (χ4n) is 1.51. The van der Waals surface area contributed by atoms with Gasteiger partial charge in [0.15, 0.2) is 4.77 Å². The minimum atomic E-state index is 0.743. The van der Waals surface area contributed by atoms with Gasteiger partial charge in [-0.05, 0) is 36.8 Å². The fraction of sp³-hybridized carbons (Fsp3) is 0.182. The standard InChI is InChI=1S/C11H11ClN2S/c1-8-6-14(11(15)13-8)7-9-3-2-4-10(12)5-9/h2-6H,7H2,1H3,(H,13,15). The van der Waals surface area contributed by atoms with Crippen molar-refractivity contribution in [3.05, 3.63) is 51.5 Å². The molecule has 2 rings (SSSR count). The van der Waals surface area contributed by atoms with Crippen LogP contribution in [0, 0.1) is 11.7 Å². The van der Waals surface area contributed by atoms with E-state index < -0.39 is 0 Å². The second kappa shape index (κ2) is 4.21. The minimum absolute atomic E-state index is 0.743. The first-order chi connectivity index (χ1) is 7.15. The Bertz CT molecular complexity index is 527. The Morgan fingerprint density at radius 2 is 2.27 bits per heavy atom. The number of H-pyrrole nitrogens is 1. The monoisotopic (exact) mass is 238 g/mol. The SMILES string of the molecule is Cc1cn(Cc2cccc(Cl)c2)c(=S)[nH]1. The van der Waals surface area contributed by atoms with Crippen LogP contribution in [-0.4, -0.2) is 9.55 Å². The maximum atomic E-state index is 5.91. The van der Waals surface area contributed by atoms with Gasteiger partial charge in [-0.25, -0.2) is 0 Å². The largest absolute Gasteiger partial charge is 0.335 e. The highest BCUT2D eigenvalue weighted by atomic mass is 35.5. The quantitative estimate of drug-likeness (QED) is 0.794. The molecule has 0 spiro atoms. The first-order valence-electron chi connectivity index (χ1n) is 4.65. The number of hydrogen-bond donors (Lipinski definition) is 1. The van der Waals surface area contributed by atoms with Crippen LogP contribution in [0.1, 0.15) is 11.3 Å². The summed E-state index contributed by atoms with van der Waals surface area (Å²) in [6.07, 6.45) is 2.00. The Labute approximate surface area is 98.5 Å². The Morgan fingerprint density at radius 3 is 2.87 bits per heavy atom. The number of benzene rings is 1. The number of rotatable bonds is 2. The number of hydrogen-bond acceptors (Lipinski definition) is 1. The summed E-state index contributed by atoms with van der Waals surface area (Å²) in [6, 6.07) is 7.80. The summed E-state index contributed by atoms with van der Waals surface area (Å²) in [5, 5.41) is 0.756. The van der Waals surface area contributed by atoms with Gasteiger partial charge in [0.25, 0.3) is 0 Å². The lowest BCUT2D eigenvalue weighted by molar-refractivity contribution is 0.784. The molecule has 0 aliphatic rings. The number of aryl methyl sites for hydroxylation is 1. The summed E-state index contributed by atoms with van der Waals surface area (Å²) >= 11 is 11.1. The third kappa shape index (κ3) is 2.49. The number of aromatic nitrogens is 2. The van der Waals surface area contributed by atoms with Crippen molar-refractivity contribution in [3.8, 4) is 0 Å². The van der Waals surface area contributed by atoms with Crippen LogP contribution in [0.3, 0.4) is 0 Å². The average molecular weight is 239 g/mol. The zero-order valence-electron chi connectivity index (χ0n) is 8.33. The number of imidazole rings is 1. The molecule has 1 aromatic heterocycles. The average Bonchev–Trinajstić information content (AvgIpc) is 2.45. The molecule has 2 nitrogen and oxygen atoms in total. The van der Waals surface area contributed by atoms with Crippen LogP contribution < -0.4 is 0 Å². The van der Waals surface area contributed by atoms with E-state index in [1.54, 1.807) is 0 Å². The van der Waals surface area contributed by atoms with Gasteiger partial charge in [0, 0.05) is 23.5 Å². The van der Waals surface area contributed by atoms with Crippen LogP contribution >= 0.6 is 23.8 Å². The zero-order chi connectivity index (χ0) is 10.8. The molecule has 0 aliphatic heterocycles. The maximum Gasteiger partial charge on any atom is 0.177 e. The zero-order valence-corrected chi connectivity index (χ0v) is 9.90. The van der Waals surface area contributed by atoms with Gasteiger partial charge >= 0.3 is 0 Å². The molecule has 4 heteroatoms. The maximum absolute atomic E-state index is 5.91. The van der Waals surface area contributed by atoms with Crippen molar-refractivity contribution >= 4 is 23.8 Å². The van der Waals surface area contributed by atoms with Crippen LogP contribution in [0.4, 0.5) is 0 Å². The molecule has 0 unspecified atom stereocenters. The van der Waals surface area contributed by atoms with E-state index in [0.717, 1.165) is 27.6 Å². The van der Waals surface area contributed by atoms with Gasteiger partial charge in [-0.1, -0.05) is 23.7 Å². The molecule has 0 aliphatic carbocycles. The molecule has 1 heterocycles. The first kappa shape index (κ1) is 10.5. The molecule has 0 bridgehead atoms. The minimum Gasteiger partial charge on any atom is -0.335 e. The summed E-state index contributed by atoms with van der Waals surface area (Å²) < 4.78 is 2.74. The third-order valence-electron chi connectivity index (χ3n) is 2.16. The second-order valence-electron chi connectivity index (χ2n) is 3.50. The first-order valence-corrected chi connectivity index (χ1v) is 5.44. The van der Waals surface area contributed by atoms with Crippen LogP contribution in [0.5, 0.6) is 0 Å². The van der Waals surface area contributed by atoms with E-state index in [1.165, 1.54) is 0 Å². The van der Waals surface area contributed by atoms with E-state index in [9.17, 15) is 0 Å². The lowest BCUT2D eigenvalue weighted by Gasteiger charge is -2.02. The normalized spacial score (nSPS) is 10.5. The summed E-state index contributed by atoms with van der Waals surface area (Å²) in [4.78, 5) is 3.09. The van der Waals surface area contributed by atoms with Crippen molar-refractivity contribution < 1.29 is 0 Å². The van der Waals surface area contributed by atoms with E-state index >= 15 is 0 Å².